The Hall–Kier alpha value is -1.55. The molecular weight excluding hydrogens is 192 g/mol. The summed E-state index contributed by atoms with van der Waals surface area (Å²) >= 11 is 0. The molecule has 0 amide bonds. The van der Waals surface area contributed by atoms with E-state index in [9.17, 15) is 0 Å². The van der Waals surface area contributed by atoms with Crippen LogP contribution in [0.25, 0.3) is 0 Å². The Kier molecular flexibility index (Phi) is 5.25. The molecule has 0 fully saturated rings. The quantitative estimate of drug-likeness (QED) is 0.244. The molecule has 1 aromatic carbocycles. The SMILES string of the molecule is NC(CCOCCc1ccccc1)=NO. The molecule has 0 aliphatic rings. The molecule has 0 aliphatic heterocycles. The van der Waals surface area contributed by atoms with Crippen LogP contribution in [0.4, 0.5) is 0 Å². The lowest BCUT2D eigenvalue weighted by Crippen LogP contribution is -2.14. The van der Waals surface area contributed by atoms with E-state index in [4.69, 9.17) is 15.7 Å². The van der Waals surface area contributed by atoms with E-state index < -0.39 is 0 Å². The van der Waals surface area contributed by atoms with E-state index in [2.05, 4.69) is 17.3 Å². The zero-order chi connectivity index (χ0) is 10.9. The Morgan fingerprint density at radius 2 is 2.00 bits per heavy atom. The van der Waals surface area contributed by atoms with E-state index >= 15 is 0 Å². The minimum atomic E-state index is 0.203. The van der Waals surface area contributed by atoms with Crippen molar-refractivity contribution in [2.24, 2.45) is 10.9 Å². The normalized spacial score (nSPS) is 11.6. The third-order valence-electron chi connectivity index (χ3n) is 2.01. The van der Waals surface area contributed by atoms with Gasteiger partial charge in [0.25, 0.3) is 0 Å². The number of hydrogen-bond donors (Lipinski definition) is 2. The predicted molar refractivity (Wildman–Crippen MR) is 59.0 cm³/mol. The van der Waals surface area contributed by atoms with Gasteiger partial charge in [0.15, 0.2) is 0 Å². The van der Waals surface area contributed by atoms with Crippen LogP contribution < -0.4 is 5.73 Å². The highest BCUT2D eigenvalue weighted by Gasteiger charge is 1.94. The van der Waals surface area contributed by atoms with Gasteiger partial charge in [-0.3, -0.25) is 0 Å². The summed E-state index contributed by atoms with van der Waals surface area (Å²) in [6, 6.07) is 10.1. The van der Waals surface area contributed by atoms with E-state index in [1.165, 1.54) is 5.56 Å². The van der Waals surface area contributed by atoms with Gasteiger partial charge in [-0.15, -0.1) is 0 Å². The fourth-order valence-corrected chi connectivity index (χ4v) is 1.16. The van der Waals surface area contributed by atoms with Gasteiger partial charge < -0.3 is 15.7 Å². The van der Waals surface area contributed by atoms with E-state index in [1.54, 1.807) is 0 Å². The summed E-state index contributed by atoms with van der Waals surface area (Å²) in [4.78, 5) is 0. The van der Waals surface area contributed by atoms with E-state index in [1.807, 2.05) is 18.2 Å². The maximum absolute atomic E-state index is 8.28. The van der Waals surface area contributed by atoms with Gasteiger partial charge in [-0.1, -0.05) is 35.5 Å². The van der Waals surface area contributed by atoms with Crippen molar-refractivity contribution in [1.29, 1.82) is 0 Å². The van der Waals surface area contributed by atoms with Crippen LogP contribution in [0.2, 0.25) is 0 Å². The summed E-state index contributed by atoms with van der Waals surface area (Å²) < 4.78 is 5.34. The largest absolute Gasteiger partial charge is 0.409 e. The Balaban J connectivity index is 2.08. The van der Waals surface area contributed by atoms with Gasteiger partial charge in [0, 0.05) is 6.42 Å². The highest BCUT2D eigenvalue weighted by atomic mass is 16.5. The minimum Gasteiger partial charge on any atom is -0.409 e. The summed E-state index contributed by atoms with van der Waals surface area (Å²) in [5, 5.41) is 11.1. The van der Waals surface area contributed by atoms with Crippen molar-refractivity contribution in [2.75, 3.05) is 13.2 Å². The van der Waals surface area contributed by atoms with Crippen LogP contribution in [0, 0.1) is 0 Å². The number of hydrogen-bond acceptors (Lipinski definition) is 3. The van der Waals surface area contributed by atoms with E-state index in [0.29, 0.717) is 19.6 Å². The second-order valence-corrected chi connectivity index (χ2v) is 3.19. The highest BCUT2D eigenvalue weighted by molar-refractivity contribution is 5.79. The fraction of sp³-hybridized carbons (Fsp3) is 0.364. The number of oxime groups is 1. The highest BCUT2D eigenvalue weighted by Crippen LogP contribution is 1.99. The third kappa shape index (κ3) is 5.02. The molecule has 0 atom stereocenters. The van der Waals surface area contributed by atoms with Crippen LogP contribution in [0.3, 0.4) is 0 Å². The molecular formula is C11H16N2O2. The first kappa shape index (κ1) is 11.5. The minimum absolute atomic E-state index is 0.203. The van der Waals surface area contributed by atoms with Gasteiger partial charge in [-0.25, -0.2) is 0 Å². The molecule has 4 heteroatoms. The lowest BCUT2D eigenvalue weighted by Gasteiger charge is -2.03. The van der Waals surface area contributed by atoms with Gasteiger partial charge in [0.05, 0.1) is 13.2 Å². The van der Waals surface area contributed by atoms with Crippen molar-refractivity contribution >= 4 is 5.84 Å². The molecule has 0 aromatic heterocycles. The van der Waals surface area contributed by atoms with Crippen LogP contribution in [0.15, 0.2) is 35.5 Å². The van der Waals surface area contributed by atoms with Crippen LogP contribution in [-0.2, 0) is 11.2 Å². The van der Waals surface area contributed by atoms with E-state index in [-0.39, 0.29) is 5.84 Å². The monoisotopic (exact) mass is 208 g/mol. The molecule has 3 N–H and O–H groups in total. The average molecular weight is 208 g/mol. The van der Waals surface area contributed by atoms with Crippen molar-refractivity contribution in [3.63, 3.8) is 0 Å². The second kappa shape index (κ2) is 6.84. The van der Waals surface area contributed by atoms with Gasteiger partial charge >= 0.3 is 0 Å². The number of nitrogens with two attached hydrogens (primary N) is 1. The van der Waals surface area contributed by atoms with Crippen LogP contribution >= 0.6 is 0 Å². The molecule has 15 heavy (non-hydrogen) atoms. The molecule has 1 aromatic rings. The van der Waals surface area contributed by atoms with Crippen LogP contribution in [0.1, 0.15) is 12.0 Å². The number of benzene rings is 1. The molecule has 0 bridgehead atoms. The molecule has 0 unspecified atom stereocenters. The molecule has 1 rings (SSSR count). The molecule has 0 spiro atoms. The smallest absolute Gasteiger partial charge is 0.141 e. The van der Waals surface area contributed by atoms with Crippen LogP contribution in [0.5, 0.6) is 0 Å². The number of nitrogens with zero attached hydrogens (tertiary/aromatic N) is 1. The van der Waals surface area contributed by atoms with Gasteiger partial charge in [0.2, 0.25) is 0 Å². The van der Waals surface area contributed by atoms with Crippen molar-refractivity contribution in [2.45, 2.75) is 12.8 Å². The van der Waals surface area contributed by atoms with Gasteiger partial charge in [0.1, 0.15) is 5.84 Å². The van der Waals surface area contributed by atoms with Gasteiger partial charge in [-0.2, -0.15) is 0 Å². The second-order valence-electron chi connectivity index (χ2n) is 3.19. The summed E-state index contributed by atoms with van der Waals surface area (Å²) in [7, 11) is 0. The van der Waals surface area contributed by atoms with Crippen LogP contribution in [-0.4, -0.2) is 24.3 Å². The number of rotatable bonds is 6. The fourth-order valence-electron chi connectivity index (χ4n) is 1.16. The topological polar surface area (TPSA) is 67.8 Å². The lowest BCUT2D eigenvalue weighted by molar-refractivity contribution is 0.143. The maximum Gasteiger partial charge on any atom is 0.141 e. The molecule has 0 saturated carbocycles. The zero-order valence-corrected chi connectivity index (χ0v) is 8.60. The molecule has 0 heterocycles. The summed E-state index contributed by atoms with van der Waals surface area (Å²) in [5.74, 6) is 0.203. The maximum atomic E-state index is 8.28. The third-order valence-corrected chi connectivity index (χ3v) is 2.01. The molecule has 0 aliphatic carbocycles. The summed E-state index contributed by atoms with van der Waals surface area (Å²) in [6.45, 7) is 1.14. The first-order valence-corrected chi connectivity index (χ1v) is 4.91. The first-order valence-electron chi connectivity index (χ1n) is 4.91. The lowest BCUT2D eigenvalue weighted by atomic mass is 10.2. The Bertz CT molecular complexity index is 299. The predicted octanol–water partition coefficient (Wildman–Crippen LogP) is 1.38. The van der Waals surface area contributed by atoms with Crippen molar-refractivity contribution in [1.82, 2.24) is 0 Å². The van der Waals surface area contributed by atoms with E-state index in [0.717, 1.165) is 6.42 Å². The Morgan fingerprint density at radius 3 is 2.67 bits per heavy atom. The molecule has 0 saturated heterocycles. The summed E-state index contributed by atoms with van der Waals surface area (Å²) in [6.07, 6.45) is 1.35. The molecule has 0 radical (unpaired) electrons. The zero-order valence-electron chi connectivity index (χ0n) is 8.60. The Labute approximate surface area is 89.4 Å². The number of amidine groups is 1. The number of ether oxygens (including phenoxy) is 1. The van der Waals surface area contributed by atoms with Gasteiger partial charge in [-0.05, 0) is 12.0 Å². The Morgan fingerprint density at radius 1 is 1.27 bits per heavy atom. The van der Waals surface area contributed by atoms with Crippen molar-refractivity contribution < 1.29 is 9.94 Å². The van der Waals surface area contributed by atoms with Crippen molar-refractivity contribution in [3.05, 3.63) is 35.9 Å². The molecule has 82 valence electrons. The standard InChI is InChI=1S/C11H16N2O2/c12-11(13-14)7-9-15-8-6-10-4-2-1-3-5-10/h1-5,14H,6-9H2,(H2,12,13). The summed E-state index contributed by atoms with van der Waals surface area (Å²) in [5.41, 5.74) is 6.54. The average Bonchev–Trinajstić information content (AvgIpc) is 2.29. The van der Waals surface area contributed by atoms with Crippen molar-refractivity contribution in [3.8, 4) is 0 Å². The first-order chi connectivity index (χ1) is 7.33. The molecule has 4 nitrogen and oxygen atoms in total.